The third kappa shape index (κ3) is 3.26. The normalized spacial score (nSPS) is 15.2. The number of unbranched alkanes of at least 4 members (excludes halogenated alkanes) is 5. The highest BCUT2D eigenvalue weighted by Gasteiger charge is 2.32. The Bertz CT molecular complexity index is 1190. The van der Waals surface area contributed by atoms with Gasteiger partial charge in [0.05, 0.1) is 10.9 Å². The highest BCUT2D eigenvalue weighted by molar-refractivity contribution is 5.95. The zero-order chi connectivity index (χ0) is 21.5. The number of rotatable bonds is 7. The van der Waals surface area contributed by atoms with Crippen molar-refractivity contribution in [3.05, 3.63) is 41.6 Å². The molecule has 5 nitrogen and oxygen atoms in total. The van der Waals surface area contributed by atoms with Crippen LogP contribution >= 0.6 is 0 Å². The number of aryl methyl sites for hydroxylation is 3. The molecule has 0 bridgehead atoms. The Morgan fingerprint density at radius 2 is 1.59 bits per heavy atom. The molecule has 0 radical (unpaired) electrons. The van der Waals surface area contributed by atoms with Crippen LogP contribution in [0.25, 0.3) is 22.0 Å². The van der Waals surface area contributed by atoms with Gasteiger partial charge in [-0.1, -0.05) is 39.0 Å². The first kappa shape index (κ1) is 19.7. The fourth-order valence-electron chi connectivity index (χ4n) is 5.39. The van der Waals surface area contributed by atoms with Gasteiger partial charge in [-0.25, -0.2) is 0 Å². The van der Waals surface area contributed by atoms with E-state index in [9.17, 15) is 0 Å². The van der Waals surface area contributed by atoms with Crippen molar-refractivity contribution in [2.45, 2.75) is 64.8 Å². The molecule has 1 aromatic heterocycles. The number of aromatic nitrogens is 1. The average Bonchev–Trinajstić information content (AvgIpc) is 3.48. The molecular formula is C27H30NO4+. The number of benzene rings is 2. The second-order valence-corrected chi connectivity index (χ2v) is 9.04. The maximum atomic E-state index is 5.89. The maximum Gasteiger partial charge on any atom is 0.231 e. The number of hydrogen-bond donors (Lipinski definition) is 0. The Kier molecular flexibility index (Phi) is 5.05. The topological polar surface area (TPSA) is 40.8 Å². The van der Waals surface area contributed by atoms with E-state index >= 15 is 0 Å². The van der Waals surface area contributed by atoms with Gasteiger partial charge in [-0.05, 0) is 42.7 Å². The summed E-state index contributed by atoms with van der Waals surface area (Å²) in [5.74, 6) is 3.47. The third-order valence-corrected chi connectivity index (χ3v) is 7.02. The smallest absolute Gasteiger partial charge is 0.231 e. The molecule has 0 unspecified atom stereocenters. The fourth-order valence-corrected chi connectivity index (χ4v) is 5.39. The molecule has 4 heterocycles. The molecular weight excluding hydrogens is 402 g/mol. The molecule has 0 fully saturated rings. The summed E-state index contributed by atoms with van der Waals surface area (Å²) in [6.45, 7) is 3.83. The lowest BCUT2D eigenvalue weighted by molar-refractivity contribution is -0.686. The van der Waals surface area contributed by atoms with Gasteiger partial charge in [0, 0.05) is 17.4 Å². The van der Waals surface area contributed by atoms with Gasteiger partial charge in [-0.15, -0.1) is 0 Å². The number of ether oxygens (including phenoxy) is 4. The van der Waals surface area contributed by atoms with E-state index in [2.05, 4.69) is 42.0 Å². The summed E-state index contributed by atoms with van der Waals surface area (Å²) >= 11 is 0. The number of hydrogen-bond acceptors (Lipinski definition) is 4. The van der Waals surface area contributed by atoms with Crippen LogP contribution in [0, 0.1) is 0 Å². The Morgan fingerprint density at radius 3 is 2.50 bits per heavy atom. The monoisotopic (exact) mass is 432 g/mol. The molecule has 0 spiro atoms. The van der Waals surface area contributed by atoms with Gasteiger partial charge in [-0.3, -0.25) is 0 Å². The van der Waals surface area contributed by atoms with E-state index in [0.29, 0.717) is 13.6 Å². The van der Waals surface area contributed by atoms with Crippen LogP contribution in [0.3, 0.4) is 0 Å². The van der Waals surface area contributed by atoms with Crippen LogP contribution in [0.2, 0.25) is 0 Å². The first-order chi connectivity index (χ1) is 15.8. The van der Waals surface area contributed by atoms with Crippen LogP contribution < -0.4 is 23.5 Å². The van der Waals surface area contributed by atoms with Crippen molar-refractivity contribution < 1.29 is 23.5 Å². The first-order valence-electron chi connectivity index (χ1n) is 12.0. The lowest BCUT2D eigenvalue weighted by Gasteiger charge is -2.20. The molecule has 0 atom stereocenters. The van der Waals surface area contributed by atoms with Crippen LogP contribution in [0.1, 0.15) is 56.6 Å². The molecule has 2 aromatic carbocycles. The minimum absolute atomic E-state index is 0.301. The molecule has 0 saturated carbocycles. The Hall–Kier alpha value is -2.95. The largest absolute Gasteiger partial charge is 0.454 e. The van der Waals surface area contributed by atoms with Crippen molar-refractivity contribution >= 4 is 10.8 Å². The lowest BCUT2D eigenvalue weighted by atomic mass is 9.89. The standard InChI is InChI=1S/C27H30NO4/c1-2-3-4-5-6-7-8-20-19-9-10-23-27(32-17-29-23)22(19)15-28-12-11-18-13-24-25(31-16-30-24)14-21(18)26(20)28/h9-10,13-15H,2-8,11-12,16-17H2,1H3/q+1. The van der Waals surface area contributed by atoms with Crippen molar-refractivity contribution in [2.75, 3.05) is 13.6 Å². The fraction of sp³-hybridized carbons (Fsp3) is 0.444. The van der Waals surface area contributed by atoms with Crippen molar-refractivity contribution in [1.29, 1.82) is 0 Å². The predicted octanol–water partition coefficient (Wildman–Crippen LogP) is 5.71. The van der Waals surface area contributed by atoms with Crippen molar-refractivity contribution in [1.82, 2.24) is 0 Å². The highest BCUT2D eigenvalue weighted by Crippen LogP contribution is 2.45. The van der Waals surface area contributed by atoms with Gasteiger partial charge < -0.3 is 18.9 Å². The quantitative estimate of drug-likeness (QED) is 0.354. The van der Waals surface area contributed by atoms with Gasteiger partial charge in [-0.2, -0.15) is 4.57 Å². The van der Waals surface area contributed by atoms with Crippen LogP contribution in [-0.4, -0.2) is 13.6 Å². The van der Waals surface area contributed by atoms with E-state index < -0.39 is 0 Å². The van der Waals surface area contributed by atoms with Crippen molar-refractivity contribution in [3.8, 4) is 34.3 Å². The summed E-state index contributed by atoms with van der Waals surface area (Å²) in [4.78, 5) is 0. The summed E-state index contributed by atoms with van der Waals surface area (Å²) in [6.07, 6.45) is 12.1. The van der Waals surface area contributed by atoms with Crippen LogP contribution in [0.4, 0.5) is 0 Å². The third-order valence-electron chi connectivity index (χ3n) is 7.02. The molecule has 3 aliphatic rings. The molecule has 3 aliphatic heterocycles. The molecule has 6 rings (SSSR count). The summed E-state index contributed by atoms with van der Waals surface area (Å²) in [5, 5.41) is 2.44. The van der Waals surface area contributed by atoms with Gasteiger partial charge in [0.2, 0.25) is 19.3 Å². The van der Waals surface area contributed by atoms with Gasteiger partial charge in [0.1, 0.15) is 0 Å². The summed E-state index contributed by atoms with van der Waals surface area (Å²) in [7, 11) is 0. The molecule has 32 heavy (non-hydrogen) atoms. The summed E-state index contributed by atoms with van der Waals surface area (Å²) in [6, 6.07) is 8.65. The van der Waals surface area contributed by atoms with E-state index in [1.807, 2.05) is 0 Å². The predicted molar refractivity (Wildman–Crippen MR) is 123 cm³/mol. The van der Waals surface area contributed by atoms with E-state index in [1.54, 1.807) is 0 Å². The molecule has 0 saturated heterocycles. The van der Waals surface area contributed by atoms with E-state index in [-0.39, 0.29) is 0 Å². The molecule has 3 aromatic rings. The van der Waals surface area contributed by atoms with Crippen molar-refractivity contribution in [2.24, 2.45) is 0 Å². The maximum absolute atomic E-state index is 5.89. The first-order valence-corrected chi connectivity index (χ1v) is 12.0. The molecule has 0 amide bonds. The lowest BCUT2D eigenvalue weighted by Crippen LogP contribution is -2.41. The average molecular weight is 433 g/mol. The second kappa shape index (κ2) is 8.19. The minimum atomic E-state index is 0.301. The van der Waals surface area contributed by atoms with E-state index in [1.165, 1.54) is 66.3 Å². The molecule has 0 aliphatic carbocycles. The molecule has 0 N–H and O–H groups in total. The van der Waals surface area contributed by atoms with Gasteiger partial charge in [0.15, 0.2) is 35.7 Å². The SMILES string of the molecule is CCCCCCCCc1c2[n+](cc3c4c(ccc13)OCO4)CCc1cc3c(cc1-2)OCO3. The Balaban J connectivity index is 1.46. The zero-order valence-corrected chi connectivity index (χ0v) is 18.7. The second-order valence-electron chi connectivity index (χ2n) is 9.04. The number of pyridine rings is 1. The molecule has 5 heteroatoms. The van der Waals surface area contributed by atoms with E-state index in [0.717, 1.165) is 47.8 Å². The molecule has 166 valence electrons. The van der Waals surface area contributed by atoms with Crippen LogP contribution in [0.15, 0.2) is 30.5 Å². The van der Waals surface area contributed by atoms with Crippen LogP contribution in [0.5, 0.6) is 23.0 Å². The Morgan fingerprint density at radius 1 is 0.812 bits per heavy atom. The summed E-state index contributed by atoms with van der Waals surface area (Å²) < 4.78 is 25.4. The van der Waals surface area contributed by atoms with Crippen LogP contribution in [-0.2, 0) is 19.4 Å². The zero-order valence-electron chi connectivity index (χ0n) is 18.7. The van der Waals surface area contributed by atoms with E-state index in [4.69, 9.17) is 18.9 Å². The van der Waals surface area contributed by atoms with Gasteiger partial charge >= 0.3 is 0 Å². The van der Waals surface area contributed by atoms with Gasteiger partial charge in [0.25, 0.3) is 0 Å². The highest BCUT2D eigenvalue weighted by atomic mass is 16.7. The summed E-state index contributed by atoms with van der Waals surface area (Å²) in [5.41, 5.74) is 5.36. The minimum Gasteiger partial charge on any atom is -0.454 e. The Labute approximate surface area is 188 Å². The number of fused-ring (bicyclic) bond motifs is 7. The van der Waals surface area contributed by atoms with Crippen molar-refractivity contribution in [3.63, 3.8) is 0 Å². The number of nitrogens with zero attached hydrogens (tertiary/aromatic N) is 1.